The normalized spacial score (nSPS) is 13.2. The van der Waals surface area contributed by atoms with Gasteiger partial charge in [-0.1, -0.05) is 6.92 Å². The lowest BCUT2D eigenvalue weighted by Gasteiger charge is -2.13. The fourth-order valence-electron chi connectivity index (χ4n) is 3.13. The predicted octanol–water partition coefficient (Wildman–Crippen LogP) is 3.61. The first kappa shape index (κ1) is 23.4. The summed E-state index contributed by atoms with van der Waals surface area (Å²) in [6.07, 6.45) is -5.40. The number of rotatable bonds is 6. The predicted molar refractivity (Wildman–Crippen MR) is 106 cm³/mol. The summed E-state index contributed by atoms with van der Waals surface area (Å²) in [5, 5.41) is 18.0. The van der Waals surface area contributed by atoms with Crippen molar-refractivity contribution in [2.45, 2.75) is 24.4 Å². The average molecular weight is 471 g/mol. The van der Waals surface area contributed by atoms with Crippen molar-refractivity contribution in [3.05, 3.63) is 65.6 Å². The number of aromatic nitrogens is 2. The van der Waals surface area contributed by atoms with E-state index in [-0.39, 0.29) is 27.4 Å². The minimum atomic E-state index is -4.91. The standard InChI is InChI=1S/C20H17F4N3O4S/c1-11(19(28)29)10-16-17(12-2-4-13(21)5-3-12)27(26-18(16)20(22,23)24)14-6-8-15(9-7-14)32(25,30)31/h2-9,11H,10H2,1H3,(H,28,29)(H2,25,30,31). The van der Waals surface area contributed by atoms with E-state index in [4.69, 9.17) is 5.14 Å². The van der Waals surface area contributed by atoms with Crippen molar-refractivity contribution in [2.24, 2.45) is 11.1 Å². The number of carbonyl (C=O) groups is 1. The van der Waals surface area contributed by atoms with Crippen LogP contribution in [0.1, 0.15) is 18.2 Å². The number of sulfonamides is 1. The first-order valence-corrected chi connectivity index (χ1v) is 10.6. The minimum Gasteiger partial charge on any atom is -0.481 e. The Morgan fingerprint density at radius 3 is 2.16 bits per heavy atom. The Labute approximate surface area is 180 Å². The molecule has 2 aromatic carbocycles. The zero-order valence-electron chi connectivity index (χ0n) is 16.5. The number of carboxylic acid groups (broad SMARTS) is 1. The molecule has 0 amide bonds. The maximum atomic E-state index is 13.8. The Morgan fingerprint density at radius 2 is 1.69 bits per heavy atom. The van der Waals surface area contributed by atoms with Crippen LogP contribution < -0.4 is 5.14 Å². The fraction of sp³-hybridized carbons (Fsp3) is 0.200. The van der Waals surface area contributed by atoms with Crippen molar-refractivity contribution in [2.75, 3.05) is 0 Å². The minimum absolute atomic E-state index is 0.0662. The Bertz CT molecular complexity index is 1250. The summed E-state index contributed by atoms with van der Waals surface area (Å²) in [4.78, 5) is 11.1. The van der Waals surface area contributed by atoms with Crippen LogP contribution in [0.3, 0.4) is 0 Å². The van der Waals surface area contributed by atoms with Gasteiger partial charge in [0.15, 0.2) is 5.69 Å². The molecule has 0 aliphatic carbocycles. The molecule has 0 saturated carbocycles. The van der Waals surface area contributed by atoms with Crippen molar-refractivity contribution in [3.8, 4) is 16.9 Å². The van der Waals surface area contributed by atoms with E-state index in [0.29, 0.717) is 0 Å². The van der Waals surface area contributed by atoms with Gasteiger partial charge in [0.25, 0.3) is 0 Å². The highest BCUT2D eigenvalue weighted by molar-refractivity contribution is 7.89. The van der Waals surface area contributed by atoms with Gasteiger partial charge in [-0.2, -0.15) is 18.3 Å². The van der Waals surface area contributed by atoms with Gasteiger partial charge in [-0.3, -0.25) is 4.79 Å². The van der Waals surface area contributed by atoms with Gasteiger partial charge >= 0.3 is 12.1 Å². The number of primary sulfonamides is 1. The van der Waals surface area contributed by atoms with E-state index in [9.17, 15) is 35.9 Å². The number of hydrogen-bond acceptors (Lipinski definition) is 4. The SMILES string of the molecule is CC(Cc1c(C(F)(F)F)nn(-c2ccc(S(N)(=O)=O)cc2)c1-c1ccc(F)cc1)C(=O)O. The van der Waals surface area contributed by atoms with Crippen molar-refractivity contribution in [3.63, 3.8) is 0 Å². The first-order valence-electron chi connectivity index (χ1n) is 9.10. The van der Waals surface area contributed by atoms with E-state index >= 15 is 0 Å². The molecule has 3 rings (SSSR count). The Morgan fingerprint density at radius 1 is 1.12 bits per heavy atom. The number of benzene rings is 2. The summed E-state index contributed by atoms with van der Waals surface area (Å²) in [7, 11) is -4.04. The molecule has 7 nitrogen and oxygen atoms in total. The molecule has 0 spiro atoms. The van der Waals surface area contributed by atoms with Gasteiger partial charge in [-0.05, 0) is 55.0 Å². The number of alkyl halides is 3. The van der Waals surface area contributed by atoms with Gasteiger partial charge in [0, 0.05) is 11.1 Å². The van der Waals surface area contributed by atoms with E-state index in [2.05, 4.69) is 5.10 Å². The van der Waals surface area contributed by atoms with Crippen molar-refractivity contribution < 1.29 is 35.9 Å². The molecule has 3 N–H and O–H groups in total. The molecule has 1 aromatic heterocycles. The van der Waals surface area contributed by atoms with Crippen LogP contribution in [0, 0.1) is 11.7 Å². The molecular formula is C20H17F4N3O4S. The van der Waals surface area contributed by atoms with Crippen LogP contribution in [-0.4, -0.2) is 29.3 Å². The second-order valence-electron chi connectivity index (χ2n) is 7.07. The van der Waals surface area contributed by atoms with Crippen LogP contribution in [0.15, 0.2) is 53.4 Å². The average Bonchev–Trinajstić information content (AvgIpc) is 3.07. The lowest BCUT2D eigenvalue weighted by atomic mass is 9.96. The summed E-state index contributed by atoms with van der Waals surface area (Å²) in [5.41, 5.74) is -1.53. The number of aliphatic carboxylic acids is 1. The molecule has 0 radical (unpaired) electrons. The third-order valence-electron chi connectivity index (χ3n) is 4.71. The summed E-state index contributed by atoms with van der Waals surface area (Å²) < 4.78 is 78.8. The molecular weight excluding hydrogens is 454 g/mol. The van der Waals surface area contributed by atoms with Gasteiger partial charge in [0.2, 0.25) is 10.0 Å². The number of nitrogens with zero attached hydrogens (tertiary/aromatic N) is 2. The quantitative estimate of drug-likeness (QED) is 0.533. The highest BCUT2D eigenvalue weighted by Crippen LogP contribution is 2.39. The van der Waals surface area contributed by atoms with Gasteiger partial charge < -0.3 is 5.11 Å². The van der Waals surface area contributed by atoms with E-state index in [1.165, 1.54) is 31.2 Å². The second kappa shape index (κ2) is 8.36. The molecule has 0 aliphatic rings. The molecule has 0 saturated heterocycles. The molecule has 0 aliphatic heterocycles. The van der Waals surface area contributed by atoms with Crippen LogP contribution >= 0.6 is 0 Å². The maximum absolute atomic E-state index is 13.8. The zero-order valence-corrected chi connectivity index (χ0v) is 17.3. The third-order valence-corrected chi connectivity index (χ3v) is 5.64. The maximum Gasteiger partial charge on any atom is 0.435 e. The monoisotopic (exact) mass is 471 g/mol. The highest BCUT2D eigenvalue weighted by atomic mass is 32.2. The largest absolute Gasteiger partial charge is 0.481 e. The Hall–Kier alpha value is -3.25. The van der Waals surface area contributed by atoms with E-state index in [1.807, 2.05) is 0 Å². The van der Waals surface area contributed by atoms with Crippen LogP contribution in [0.4, 0.5) is 17.6 Å². The number of hydrogen-bond donors (Lipinski definition) is 2. The number of nitrogens with two attached hydrogens (primary N) is 1. The van der Waals surface area contributed by atoms with Gasteiger partial charge in [-0.15, -0.1) is 0 Å². The lowest BCUT2D eigenvalue weighted by Crippen LogP contribution is -2.16. The van der Waals surface area contributed by atoms with E-state index in [1.54, 1.807) is 0 Å². The van der Waals surface area contributed by atoms with Crippen molar-refractivity contribution in [1.29, 1.82) is 0 Å². The molecule has 1 heterocycles. The Kier molecular flexibility index (Phi) is 6.11. The van der Waals surface area contributed by atoms with Gasteiger partial charge in [-0.25, -0.2) is 22.6 Å². The van der Waals surface area contributed by atoms with Crippen LogP contribution in [-0.2, 0) is 27.4 Å². The topological polar surface area (TPSA) is 115 Å². The Balaban J connectivity index is 2.31. The van der Waals surface area contributed by atoms with Gasteiger partial charge in [0.1, 0.15) is 5.82 Å². The number of halogens is 4. The van der Waals surface area contributed by atoms with Crippen LogP contribution in [0.2, 0.25) is 0 Å². The summed E-state index contributed by atoms with van der Waals surface area (Å²) >= 11 is 0. The van der Waals surface area contributed by atoms with Crippen molar-refractivity contribution in [1.82, 2.24) is 9.78 Å². The molecule has 0 bridgehead atoms. The zero-order chi connectivity index (χ0) is 23.8. The molecule has 1 atom stereocenters. The summed E-state index contributed by atoms with van der Waals surface area (Å²) in [6.45, 7) is 1.26. The fourth-order valence-corrected chi connectivity index (χ4v) is 3.65. The molecule has 0 fully saturated rings. The van der Waals surface area contributed by atoms with Crippen LogP contribution in [0.25, 0.3) is 16.9 Å². The molecule has 12 heteroatoms. The van der Waals surface area contributed by atoms with Gasteiger partial charge in [0.05, 0.1) is 22.2 Å². The van der Waals surface area contributed by atoms with Crippen LogP contribution in [0.5, 0.6) is 0 Å². The first-order chi connectivity index (χ1) is 14.8. The molecule has 170 valence electrons. The third kappa shape index (κ3) is 4.81. The van der Waals surface area contributed by atoms with E-state index in [0.717, 1.165) is 28.9 Å². The second-order valence-corrected chi connectivity index (χ2v) is 8.64. The highest BCUT2D eigenvalue weighted by Gasteiger charge is 2.40. The lowest BCUT2D eigenvalue weighted by molar-refractivity contribution is -0.144. The van der Waals surface area contributed by atoms with Crippen molar-refractivity contribution >= 4 is 16.0 Å². The molecule has 1 unspecified atom stereocenters. The molecule has 32 heavy (non-hydrogen) atoms. The number of carboxylic acids is 1. The smallest absolute Gasteiger partial charge is 0.435 e. The summed E-state index contributed by atoms with van der Waals surface area (Å²) in [5.74, 6) is -3.08. The molecule has 3 aromatic rings. The summed E-state index contributed by atoms with van der Waals surface area (Å²) in [6, 6.07) is 9.23. The van der Waals surface area contributed by atoms with E-state index < -0.39 is 46.0 Å².